The van der Waals surface area contributed by atoms with Crippen molar-refractivity contribution in [1.82, 2.24) is 19.9 Å². The van der Waals surface area contributed by atoms with Crippen LogP contribution in [0.3, 0.4) is 0 Å². The van der Waals surface area contributed by atoms with Crippen LogP contribution < -0.4 is 48.0 Å². The van der Waals surface area contributed by atoms with Crippen molar-refractivity contribution in [2.45, 2.75) is 18.3 Å². The van der Waals surface area contributed by atoms with Gasteiger partial charge in [0.1, 0.15) is 35.3 Å². The molecule has 0 amide bonds. The standard InChI is InChI=1S/C28H17ClN6O9/c1-44-13-5-12(36)15-16(21(13)37)23(39)18-17(22(15)38)25(41)28(26(18)42)3-2-10-19(28)24(40)14-11(20(10)29)4-9(33-27(14)43)6-30-34-35-7-31-32-8-35/h4-8,34,40-42H,2-3H2,1H3,(H,33,43)/b30-6+/t28-/m0/s1. The molecule has 16 heteroatoms. The molecular formula is C28H17ClN6O9. The van der Waals surface area contributed by atoms with Crippen LogP contribution in [0.2, 0.25) is 5.02 Å². The molecule has 1 spiro atoms. The van der Waals surface area contributed by atoms with Gasteiger partial charge in [-0.3, -0.25) is 24.0 Å². The second kappa shape index (κ2) is 9.08. The lowest BCUT2D eigenvalue weighted by Crippen LogP contribution is -2.51. The molecule has 0 saturated heterocycles. The maximum atomic E-state index is 13.6. The van der Waals surface area contributed by atoms with Crippen LogP contribution in [-0.2, 0) is 11.8 Å². The number of aromatic hydroxyl groups is 1. The number of aliphatic hydroxyl groups excluding tert-OH is 2. The number of H-pyrrole nitrogens is 1. The first kappa shape index (κ1) is 27.0. The summed E-state index contributed by atoms with van der Waals surface area (Å²) in [6, 6.07) is 2.22. The molecule has 2 aromatic heterocycles. The number of benzene rings is 1. The maximum Gasteiger partial charge on any atom is 0.260 e. The third-order valence-corrected chi connectivity index (χ3v) is 8.60. The van der Waals surface area contributed by atoms with E-state index in [4.69, 9.17) is 16.3 Å². The summed E-state index contributed by atoms with van der Waals surface area (Å²) in [5.41, 5.74) is -4.37. The minimum absolute atomic E-state index is 0.0111. The van der Waals surface area contributed by atoms with E-state index in [2.05, 4.69) is 25.8 Å². The second-order valence-electron chi connectivity index (χ2n) is 10.3. The van der Waals surface area contributed by atoms with E-state index >= 15 is 0 Å². The highest BCUT2D eigenvalue weighted by molar-refractivity contribution is 6.37. The van der Waals surface area contributed by atoms with Gasteiger partial charge in [-0.15, -0.1) is 10.2 Å². The molecule has 5 N–H and O–H groups in total. The number of pyridine rings is 1. The Kier molecular flexibility index (Phi) is 5.58. The largest absolute Gasteiger partial charge is 0.510 e. The summed E-state index contributed by atoms with van der Waals surface area (Å²) < 4.78 is 6.22. The number of ether oxygens (including phenoxy) is 1. The lowest BCUT2D eigenvalue weighted by Gasteiger charge is -2.27. The number of aromatic amines is 1. The molecule has 1 aromatic carbocycles. The number of hydrogen-bond donors (Lipinski definition) is 5. The summed E-state index contributed by atoms with van der Waals surface area (Å²) in [6.45, 7) is 0. The monoisotopic (exact) mass is 616 g/mol. The quantitative estimate of drug-likeness (QED) is 0.113. The molecule has 2 heterocycles. The van der Waals surface area contributed by atoms with Crippen molar-refractivity contribution in [2.75, 3.05) is 12.6 Å². The van der Waals surface area contributed by atoms with Crippen molar-refractivity contribution in [3.63, 3.8) is 0 Å². The molecule has 3 aromatic rings. The lowest BCUT2D eigenvalue weighted by molar-refractivity contribution is 0.362. The molecule has 4 aliphatic rings. The Morgan fingerprint density at radius 3 is 2.32 bits per heavy atom. The summed E-state index contributed by atoms with van der Waals surface area (Å²) in [5.74, 6) is -2.77. The number of halogens is 1. The molecule has 0 saturated carbocycles. The van der Waals surface area contributed by atoms with E-state index < -0.39 is 76.6 Å². The minimum atomic E-state index is -2.07. The van der Waals surface area contributed by atoms with Crippen LogP contribution in [0.1, 0.15) is 23.2 Å². The fourth-order valence-corrected chi connectivity index (χ4v) is 6.64. The highest BCUT2D eigenvalue weighted by Gasteiger charge is 2.53. The van der Waals surface area contributed by atoms with Crippen LogP contribution in [-0.4, -0.2) is 48.5 Å². The molecule has 0 bridgehead atoms. The van der Waals surface area contributed by atoms with Gasteiger partial charge in [0, 0.05) is 17.0 Å². The van der Waals surface area contributed by atoms with Gasteiger partial charge in [0.2, 0.25) is 16.3 Å². The zero-order chi connectivity index (χ0) is 31.2. The summed E-state index contributed by atoms with van der Waals surface area (Å²) >= 11 is 6.76. The van der Waals surface area contributed by atoms with Crippen molar-refractivity contribution in [3.8, 4) is 11.5 Å². The second-order valence-corrected chi connectivity index (χ2v) is 10.6. The van der Waals surface area contributed by atoms with E-state index in [9.17, 15) is 39.3 Å². The smallest absolute Gasteiger partial charge is 0.260 e. The Labute approximate surface area is 246 Å². The molecule has 44 heavy (non-hydrogen) atoms. The molecule has 4 aliphatic carbocycles. The molecule has 0 radical (unpaired) electrons. The Morgan fingerprint density at radius 1 is 1.00 bits per heavy atom. The fourth-order valence-electron chi connectivity index (χ4n) is 6.30. The number of hydrogen-bond acceptors (Lipinski definition) is 13. The SMILES string of the molecule is COc1cc(=O)c2c(=O)c3c(c(=O)c=2c1=O)=C(O)[C@]1(CCc2c1c(O)c1c(=O)[nH]c(/C=N/Nn4cnnc4)cc1c2Cl)C=3O. The zero-order valence-corrected chi connectivity index (χ0v) is 23.0. The maximum absolute atomic E-state index is 13.6. The summed E-state index contributed by atoms with van der Waals surface area (Å²) in [7, 11) is 1.11. The van der Waals surface area contributed by atoms with E-state index in [0.29, 0.717) is 0 Å². The van der Waals surface area contributed by atoms with Crippen LogP contribution in [0.25, 0.3) is 22.3 Å². The first-order chi connectivity index (χ1) is 21.0. The third kappa shape index (κ3) is 3.26. The van der Waals surface area contributed by atoms with Gasteiger partial charge >= 0.3 is 0 Å². The van der Waals surface area contributed by atoms with Crippen LogP contribution in [0.4, 0.5) is 0 Å². The molecular weight excluding hydrogens is 600 g/mol. The number of phenolic OH excluding ortho intramolecular Hbond substituents is 1. The van der Waals surface area contributed by atoms with Crippen LogP contribution in [0.5, 0.6) is 11.5 Å². The van der Waals surface area contributed by atoms with Gasteiger partial charge in [-0.1, -0.05) is 11.6 Å². The molecule has 220 valence electrons. The van der Waals surface area contributed by atoms with E-state index in [1.54, 1.807) is 0 Å². The number of methoxy groups -OCH3 is 1. The molecule has 7 rings (SSSR count). The normalized spacial score (nSPS) is 17.3. The number of hydrazone groups is 1. The topological polar surface area (TPSA) is 226 Å². The van der Waals surface area contributed by atoms with Gasteiger partial charge in [-0.05, 0) is 24.5 Å². The number of nitrogens with zero attached hydrogens (tertiary/aromatic N) is 4. The summed E-state index contributed by atoms with van der Waals surface area (Å²) in [5, 5.41) is 42.8. The lowest BCUT2D eigenvalue weighted by atomic mass is 9.78. The highest BCUT2D eigenvalue weighted by Crippen LogP contribution is 2.56. The number of fused-ring (bicyclic) bond motifs is 4. The van der Waals surface area contributed by atoms with E-state index in [1.165, 1.54) is 29.6 Å². The van der Waals surface area contributed by atoms with Crippen LogP contribution >= 0.6 is 11.6 Å². The van der Waals surface area contributed by atoms with E-state index in [-0.39, 0.29) is 45.5 Å². The Bertz CT molecular complexity index is 2630. The van der Waals surface area contributed by atoms with Crippen LogP contribution in [0.15, 0.2) is 53.9 Å². The number of aromatic nitrogens is 4. The predicted molar refractivity (Wildman–Crippen MR) is 155 cm³/mol. The van der Waals surface area contributed by atoms with Crippen molar-refractivity contribution in [1.29, 1.82) is 0 Å². The average molecular weight is 617 g/mol. The number of aliphatic hydroxyl groups is 2. The number of rotatable bonds is 4. The van der Waals surface area contributed by atoms with E-state index in [0.717, 1.165) is 13.2 Å². The number of nitrogens with one attached hydrogen (secondary N) is 2. The Morgan fingerprint density at radius 2 is 1.66 bits per heavy atom. The molecule has 1 atom stereocenters. The van der Waals surface area contributed by atoms with Crippen molar-refractivity contribution in [3.05, 3.63) is 119 Å². The number of phenols is 1. The zero-order valence-electron chi connectivity index (χ0n) is 22.3. The van der Waals surface area contributed by atoms with Gasteiger partial charge in [0.25, 0.3) is 5.56 Å². The highest BCUT2D eigenvalue weighted by atomic mass is 35.5. The van der Waals surface area contributed by atoms with Gasteiger partial charge in [0.05, 0.1) is 50.3 Å². The third-order valence-electron chi connectivity index (χ3n) is 8.17. The van der Waals surface area contributed by atoms with Crippen molar-refractivity contribution in [2.24, 2.45) is 5.10 Å². The Hall–Kier alpha value is -5.83. The predicted octanol–water partition coefficient (Wildman–Crippen LogP) is -1.66. The Balaban J connectivity index is 1.52. The van der Waals surface area contributed by atoms with Crippen molar-refractivity contribution < 1.29 is 20.1 Å². The molecule has 0 fully saturated rings. The molecule has 15 nitrogen and oxygen atoms in total. The molecule has 0 unspecified atom stereocenters. The van der Waals surface area contributed by atoms with Gasteiger partial charge in [-0.25, -0.2) is 10.2 Å². The average Bonchev–Trinajstić information content (AvgIpc) is 3.71. The summed E-state index contributed by atoms with van der Waals surface area (Å²) in [6.07, 6.45) is 3.81. The van der Waals surface area contributed by atoms with Gasteiger partial charge < -0.3 is 25.0 Å². The van der Waals surface area contributed by atoms with Gasteiger partial charge in [-0.2, -0.15) is 5.10 Å². The fraction of sp³-hybridized carbons (Fsp3) is 0.143. The van der Waals surface area contributed by atoms with Crippen LogP contribution in [0, 0.1) is 10.4 Å². The first-order valence-electron chi connectivity index (χ1n) is 12.8. The van der Waals surface area contributed by atoms with Crippen molar-refractivity contribution >= 4 is 40.1 Å². The van der Waals surface area contributed by atoms with Gasteiger partial charge in [0.15, 0.2) is 11.2 Å². The van der Waals surface area contributed by atoms with E-state index in [1.807, 2.05) is 0 Å². The first-order valence-corrected chi connectivity index (χ1v) is 13.2. The summed E-state index contributed by atoms with van der Waals surface area (Å²) in [4.78, 5) is 68.7. The molecule has 0 aliphatic heterocycles. The minimum Gasteiger partial charge on any atom is -0.510 e.